The molecule has 1 fully saturated rings. The Kier molecular flexibility index (Phi) is 6.34. The molecule has 1 aliphatic heterocycles. The molecule has 1 amide bonds. The Hall–Kier alpha value is -1.18. The molecule has 2 N–H and O–H groups in total. The smallest absolute Gasteiger partial charge is 0.241 e. The van der Waals surface area contributed by atoms with E-state index in [9.17, 15) is 17.6 Å². The van der Waals surface area contributed by atoms with Crippen LogP contribution >= 0.6 is 12.4 Å². The number of halogens is 2. The number of hydrogen-bond acceptors (Lipinski definition) is 4. The van der Waals surface area contributed by atoms with Crippen LogP contribution in [0.4, 0.5) is 4.39 Å². The average molecular weight is 351 g/mol. The van der Waals surface area contributed by atoms with Crippen molar-refractivity contribution >= 4 is 28.2 Å². The maximum atomic E-state index is 13.5. The number of rotatable bonds is 4. The summed E-state index contributed by atoms with van der Waals surface area (Å²) in [5, 5.41) is 5.62. The minimum absolute atomic E-state index is 0. The van der Waals surface area contributed by atoms with Crippen LogP contribution in [0.2, 0.25) is 0 Å². The Morgan fingerprint density at radius 1 is 1.32 bits per heavy atom. The van der Waals surface area contributed by atoms with Crippen molar-refractivity contribution in [1.82, 2.24) is 10.6 Å². The first kappa shape index (κ1) is 18.9. The minimum atomic E-state index is -3.55. The highest BCUT2D eigenvalue weighted by molar-refractivity contribution is 7.92. The van der Waals surface area contributed by atoms with Gasteiger partial charge in [0.25, 0.3) is 0 Å². The lowest BCUT2D eigenvalue weighted by Crippen LogP contribution is -2.57. The summed E-state index contributed by atoms with van der Waals surface area (Å²) in [7, 11) is -3.55. The van der Waals surface area contributed by atoms with E-state index in [0.29, 0.717) is 18.7 Å². The Balaban J connectivity index is 0.00000242. The van der Waals surface area contributed by atoms with Crippen LogP contribution in [0.5, 0.6) is 0 Å². The summed E-state index contributed by atoms with van der Waals surface area (Å²) in [5.74, 6) is -0.966. The Morgan fingerprint density at radius 3 is 2.45 bits per heavy atom. The zero-order chi connectivity index (χ0) is 15.5. The number of piperidine rings is 1. The predicted octanol–water partition coefficient (Wildman–Crippen LogP) is 1.03. The molecule has 1 aliphatic rings. The molecule has 22 heavy (non-hydrogen) atoms. The van der Waals surface area contributed by atoms with E-state index in [-0.39, 0.29) is 31.8 Å². The third-order valence-corrected chi connectivity index (χ3v) is 5.95. The summed E-state index contributed by atoms with van der Waals surface area (Å²) in [6, 6.07) is 6.09. The summed E-state index contributed by atoms with van der Waals surface area (Å²) in [4.78, 5) is 12.4. The van der Waals surface area contributed by atoms with Crippen LogP contribution in [-0.4, -0.2) is 38.4 Å². The molecule has 124 valence electrons. The van der Waals surface area contributed by atoms with E-state index in [4.69, 9.17) is 0 Å². The van der Waals surface area contributed by atoms with Gasteiger partial charge in [0.1, 0.15) is 5.82 Å². The molecule has 0 aliphatic carbocycles. The van der Waals surface area contributed by atoms with Gasteiger partial charge in [-0.1, -0.05) is 18.2 Å². The predicted molar refractivity (Wildman–Crippen MR) is 85.2 cm³/mol. The quantitative estimate of drug-likeness (QED) is 0.850. The van der Waals surface area contributed by atoms with E-state index in [1.165, 1.54) is 6.07 Å². The van der Waals surface area contributed by atoms with Crippen molar-refractivity contribution in [3.63, 3.8) is 0 Å². The van der Waals surface area contributed by atoms with E-state index in [1.54, 1.807) is 18.2 Å². The maximum Gasteiger partial charge on any atom is 0.241 e. The van der Waals surface area contributed by atoms with Gasteiger partial charge in [-0.2, -0.15) is 0 Å². The molecule has 1 aromatic carbocycles. The molecule has 0 aromatic heterocycles. The molecule has 1 aromatic rings. The number of carbonyl (C=O) groups is 1. The van der Waals surface area contributed by atoms with Crippen molar-refractivity contribution in [1.29, 1.82) is 0 Å². The van der Waals surface area contributed by atoms with Crippen LogP contribution in [-0.2, 0) is 21.2 Å². The van der Waals surface area contributed by atoms with E-state index < -0.39 is 26.3 Å². The monoisotopic (exact) mass is 350 g/mol. The number of amides is 1. The van der Waals surface area contributed by atoms with Gasteiger partial charge in [-0.25, -0.2) is 12.8 Å². The maximum absolute atomic E-state index is 13.5. The fourth-order valence-corrected chi connectivity index (χ4v) is 3.93. The second-order valence-corrected chi connectivity index (χ2v) is 7.62. The van der Waals surface area contributed by atoms with Crippen LogP contribution < -0.4 is 10.6 Å². The minimum Gasteiger partial charge on any atom is -0.351 e. The summed E-state index contributed by atoms with van der Waals surface area (Å²) < 4.78 is 36.2. The molecule has 0 bridgehead atoms. The van der Waals surface area contributed by atoms with Crippen LogP contribution in [0.3, 0.4) is 0 Å². The number of nitrogens with one attached hydrogen (secondary N) is 2. The van der Waals surface area contributed by atoms with Crippen molar-refractivity contribution < 1.29 is 17.6 Å². The molecular weight excluding hydrogens is 331 g/mol. The van der Waals surface area contributed by atoms with Gasteiger partial charge in [0.2, 0.25) is 5.91 Å². The van der Waals surface area contributed by atoms with Crippen molar-refractivity contribution in [2.45, 2.75) is 24.1 Å². The van der Waals surface area contributed by atoms with Crippen molar-refractivity contribution in [3.8, 4) is 0 Å². The molecule has 1 heterocycles. The van der Waals surface area contributed by atoms with Gasteiger partial charge in [0.05, 0.1) is 0 Å². The SMILES string of the molecule is CS(=O)(=O)C1(C(=O)NCc2ccccc2F)CCNCC1.Cl. The molecule has 0 radical (unpaired) electrons. The second-order valence-electron chi connectivity index (χ2n) is 5.29. The molecule has 2 rings (SSSR count). The molecule has 8 heteroatoms. The normalized spacial score (nSPS) is 17.4. The van der Waals surface area contributed by atoms with E-state index in [2.05, 4.69) is 10.6 Å². The number of benzene rings is 1. The van der Waals surface area contributed by atoms with Gasteiger partial charge >= 0.3 is 0 Å². The van der Waals surface area contributed by atoms with E-state index in [1.807, 2.05) is 0 Å². The fourth-order valence-electron chi connectivity index (χ4n) is 2.58. The zero-order valence-electron chi connectivity index (χ0n) is 12.3. The van der Waals surface area contributed by atoms with Gasteiger partial charge in [0, 0.05) is 18.4 Å². The van der Waals surface area contributed by atoms with Gasteiger partial charge in [-0.05, 0) is 32.0 Å². The standard InChI is InChI=1S/C14H19FN2O3S.ClH/c1-21(19,20)14(6-8-16-9-7-14)13(18)17-10-11-4-2-3-5-12(11)15;/h2-5,16H,6-10H2,1H3,(H,17,18);1H. The Bertz CT molecular complexity index is 631. The first-order valence-corrected chi connectivity index (χ1v) is 8.68. The highest BCUT2D eigenvalue weighted by Gasteiger charge is 2.48. The van der Waals surface area contributed by atoms with Crippen molar-refractivity contribution in [2.75, 3.05) is 19.3 Å². The first-order valence-electron chi connectivity index (χ1n) is 6.79. The second kappa shape index (κ2) is 7.39. The summed E-state index contributed by atoms with van der Waals surface area (Å²) >= 11 is 0. The van der Waals surface area contributed by atoms with Crippen LogP contribution in [0.25, 0.3) is 0 Å². The van der Waals surface area contributed by atoms with Gasteiger partial charge in [0.15, 0.2) is 14.6 Å². The number of hydrogen-bond donors (Lipinski definition) is 2. The number of carbonyl (C=O) groups excluding carboxylic acids is 1. The van der Waals surface area contributed by atoms with Crippen LogP contribution in [0.15, 0.2) is 24.3 Å². The highest BCUT2D eigenvalue weighted by Crippen LogP contribution is 2.28. The molecule has 0 spiro atoms. The van der Waals surface area contributed by atoms with Crippen LogP contribution in [0.1, 0.15) is 18.4 Å². The van der Waals surface area contributed by atoms with Gasteiger partial charge in [-0.15, -0.1) is 12.4 Å². The zero-order valence-corrected chi connectivity index (χ0v) is 13.9. The molecule has 5 nitrogen and oxygen atoms in total. The molecule has 0 unspecified atom stereocenters. The summed E-state index contributed by atoms with van der Waals surface area (Å²) in [6.45, 7) is 0.927. The van der Waals surface area contributed by atoms with Gasteiger partial charge in [-0.3, -0.25) is 4.79 Å². The summed E-state index contributed by atoms with van der Waals surface area (Å²) in [6.07, 6.45) is 1.55. The first-order chi connectivity index (χ1) is 9.87. The topological polar surface area (TPSA) is 75.3 Å². The third kappa shape index (κ3) is 3.77. The Morgan fingerprint density at radius 2 is 1.91 bits per heavy atom. The highest BCUT2D eigenvalue weighted by atomic mass is 35.5. The lowest BCUT2D eigenvalue weighted by Gasteiger charge is -2.34. The third-order valence-electron chi connectivity index (χ3n) is 3.93. The lowest BCUT2D eigenvalue weighted by atomic mass is 9.95. The van der Waals surface area contributed by atoms with Crippen molar-refractivity contribution in [2.24, 2.45) is 0 Å². The summed E-state index contributed by atoms with van der Waals surface area (Å²) in [5.41, 5.74) is 0.337. The number of sulfone groups is 1. The lowest BCUT2D eigenvalue weighted by molar-refractivity contribution is -0.124. The molecular formula is C14H20ClFN2O3S. The molecule has 0 atom stereocenters. The molecule has 1 saturated heterocycles. The Labute approximate surface area is 136 Å². The van der Waals surface area contributed by atoms with Crippen molar-refractivity contribution in [3.05, 3.63) is 35.6 Å². The van der Waals surface area contributed by atoms with Gasteiger partial charge < -0.3 is 10.6 Å². The van der Waals surface area contributed by atoms with E-state index in [0.717, 1.165) is 6.26 Å². The van der Waals surface area contributed by atoms with Crippen LogP contribution in [0, 0.1) is 5.82 Å². The van der Waals surface area contributed by atoms with E-state index >= 15 is 0 Å². The average Bonchev–Trinajstić information content (AvgIpc) is 2.45. The molecule has 0 saturated carbocycles. The fraction of sp³-hybridized carbons (Fsp3) is 0.500. The largest absolute Gasteiger partial charge is 0.351 e.